The van der Waals surface area contributed by atoms with Gasteiger partial charge in [0.15, 0.2) is 0 Å². The number of hydrogen-bond donors (Lipinski definition) is 1. The summed E-state index contributed by atoms with van der Waals surface area (Å²) >= 11 is 3.49. The van der Waals surface area contributed by atoms with E-state index in [1.54, 1.807) is 18.2 Å². The number of hydrogen-bond acceptors (Lipinski definition) is 3. The van der Waals surface area contributed by atoms with E-state index in [0.717, 1.165) is 26.4 Å². The van der Waals surface area contributed by atoms with Crippen molar-refractivity contribution >= 4 is 44.3 Å². The van der Waals surface area contributed by atoms with Crippen molar-refractivity contribution in [3.63, 3.8) is 0 Å². The molecule has 4 rings (SSSR count). The minimum atomic E-state index is -1.00. The molecular formula is C27H18BrNO3. The van der Waals surface area contributed by atoms with E-state index in [1.165, 1.54) is 12.1 Å². The van der Waals surface area contributed by atoms with E-state index in [9.17, 15) is 10.1 Å². The Hall–Kier alpha value is -3.88. The highest BCUT2D eigenvalue weighted by Crippen LogP contribution is 2.29. The first kappa shape index (κ1) is 21.4. The summed E-state index contributed by atoms with van der Waals surface area (Å²) in [6.45, 7) is 0.388. The van der Waals surface area contributed by atoms with Crippen LogP contribution in [0.3, 0.4) is 0 Å². The molecule has 0 fully saturated rings. The summed E-state index contributed by atoms with van der Waals surface area (Å²) in [6.07, 6.45) is 1.75. The Morgan fingerprint density at radius 1 is 0.969 bits per heavy atom. The van der Waals surface area contributed by atoms with Crippen molar-refractivity contribution in [2.45, 2.75) is 6.61 Å². The van der Waals surface area contributed by atoms with E-state index >= 15 is 0 Å². The molecule has 0 spiro atoms. The second-order valence-electron chi connectivity index (χ2n) is 7.16. The van der Waals surface area contributed by atoms with Crippen molar-refractivity contribution in [1.82, 2.24) is 0 Å². The van der Waals surface area contributed by atoms with Gasteiger partial charge in [-0.2, -0.15) is 5.26 Å². The monoisotopic (exact) mass is 483 g/mol. The highest BCUT2D eigenvalue weighted by Gasteiger charge is 2.09. The molecule has 4 aromatic rings. The number of carboxylic acid groups (broad SMARTS) is 1. The maximum atomic E-state index is 11.1. The minimum absolute atomic E-state index is 0.174. The fraction of sp³-hybridized carbons (Fsp3) is 0.0370. The van der Waals surface area contributed by atoms with Gasteiger partial charge in [-0.15, -0.1) is 0 Å². The van der Waals surface area contributed by atoms with Crippen LogP contribution in [0.5, 0.6) is 5.75 Å². The standard InChI is InChI=1S/C27H18BrNO3/c28-24-12-13-26(32-17-21-6-3-5-19-4-1-2-7-25(19)21)22(15-24)14-23(16-29)18-8-10-20(11-9-18)27(30)31/h1-15H,17H2,(H,30,31)/b23-14-. The molecule has 156 valence electrons. The Bertz CT molecular complexity index is 1360. The van der Waals surface area contributed by atoms with Crippen LogP contribution in [0.1, 0.15) is 27.0 Å². The number of benzene rings is 4. The summed E-state index contributed by atoms with van der Waals surface area (Å²) in [5.41, 5.74) is 3.05. The molecular weight excluding hydrogens is 466 g/mol. The largest absolute Gasteiger partial charge is 0.488 e. The molecule has 0 aliphatic heterocycles. The average molecular weight is 484 g/mol. The van der Waals surface area contributed by atoms with Gasteiger partial charge in [0.2, 0.25) is 0 Å². The topological polar surface area (TPSA) is 70.3 Å². The van der Waals surface area contributed by atoms with Gasteiger partial charge in [0, 0.05) is 10.0 Å². The van der Waals surface area contributed by atoms with Gasteiger partial charge in [0.25, 0.3) is 0 Å². The zero-order chi connectivity index (χ0) is 22.5. The van der Waals surface area contributed by atoms with Crippen LogP contribution in [0, 0.1) is 11.3 Å². The number of aromatic carboxylic acids is 1. The molecule has 0 atom stereocenters. The van der Waals surface area contributed by atoms with Crippen LogP contribution in [0.15, 0.2) is 89.4 Å². The molecule has 0 saturated carbocycles. The zero-order valence-electron chi connectivity index (χ0n) is 17.0. The third-order valence-corrected chi connectivity index (χ3v) is 5.59. The lowest BCUT2D eigenvalue weighted by molar-refractivity contribution is 0.0697. The maximum absolute atomic E-state index is 11.1. The first-order valence-corrected chi connectivity index (χ1v) is 10.7. The number of carboxylic acids is 1. The van der Waals surface area contributed by atoms with Crippen molar-refractivity contribution in [2.75, 3.05) is 0 Å². The van der Waals surface area contributed by atoms with Crippen molar-refractivity contribution in [3.05, 3.63) is 112 Å². The van der Waals surface area contributed by atoms with Gasteiger partial charge in [0.1, 0.15) is 12.4 Å². The summed E-state index contributed by atoms with van der Waals surface area (Å²) in [5, 5.41) is 21.1. The Kier molecular flexibility index (Phi) is 6.34. The molecule has 1 N–H and O–H groups in total. The summed E-state index contributed by atoms with van der Waals surface area (Å²) in [4.78, 5) is 11.1. The number of fused-ring (bicyclic) bond motifs is 1. The number of carbonyl (C=O) groups is 1. The molecule has 0 amide bonds. The van der Waals surface area contributed by atoms with Crippen LogP contribution in [0.2, 0.25) is 0 Å². The fourth-order valence-electron chi connectivity index (χ4n) is 3.47. The molecule has 4 nitrogen and oxygen atoms in total. The molecule has 4 aromatic carbocycles. The summed E-state index contributed by atoms with van der Waals surface area (Å²) < 4.78 is 7.03. The number of ether oxygens (including phenoxy) is 1. The summed E-state index contributed by atoms with van der Waals surface area (Å²) in [6, 6.07) is 28.4. The lowest BCUT2D eigenvalue weighted by atomic mass is 10.0. The van der Waals surface area contributed by atoms with Crippen molar-refractivity contribution < 1.29 is 14.6 Å². The van der Waals surface area contributed by atoms with E-state index in [1.807, 2.05) is 42.5 Å². The molecule has 0 heterocycles. The number of halogens is 1. The molecule has 0 saturated heterocycles. The molecule has 32 heavy (non-hydrogen) atoms. The third kappa shape index (κ3) is 4.72. The SMILES string of the molecule is N#C/C(=C/c1cc(Br)ccc1OCc1cccc2ccccc12)c1ccc(C(=O)O)cc1. The van der Waals surface area contributed by atoms with Gasteiger partial charge in [-0.3, -0.25) is 0 Å². The summed E-state index contributed by atoms with van der Waals surface area (Å²) in [7, 11) is 0. The minimum Gasteiger partial charge on any atom is -0.488 e. The first-order valence-electron chi connectivity index (χ1n) is 9.89. The lowest BCUT2D eigenvalue weighted by Gasteiger charge is -2.12. The van der Waals surface area contributed by atoms with Gasteiger partial charge in [-0.25, -0.2) is 4.79 Å². The van der Waals surface area contributed by atoms with Gasteiger partial charge in [0.05, 0.1) is 17.2 Å². The van der Waals surface area contributed by atoms with Crippen LogP contribution in [-0.4, -0.2) is 11.1 Å². The second kappa shape index (κ2) is 9.51. The quantitative estimate of drug-likeness (QED) is 0.238. The normalized spacial score (nSPS) is 11.2. The first-order chi connectivity index (χ1) is 15.5. The van der Waals surface area contributed by atoms with E-state index < -0.39 is 5.97 Å². The Morgan fingerprint density at radius 3 is 2.44 bits per heavy atom. The number of nitrogens with zero attached hydrogens (tertiary/aromatic N) is 1. The smallest absolute Gasteiger partial charge is 0.335 e. The zero-order valence-corrected chi connectivity index (χ0v) is 18.5. The Labute approximate surface area is 194 Å². The average Bonchev–Trinajstić information content (AvgIpc) is 2.82. The Balaban J connectivity index is 1.65. The Morgan fingerprint density at radius 2 is 1.69 bits per heavy atom. The fourth-order valence-corrected chi connectivity index (χ4v) is 3.84. The second-order valence-corrected chi connectivity index (χ2v) is 8.08. The van der Waals surface area contributed by atoms with Gasteiger partial charge in [-0.05, 0) is 58.3 Å². The predicted molar refractivity (Wildman–Crippen MR) is 129 cm³/mol. The van der Waals surface area contributed by atoms with E-state index in [2.05, 4.69) is 40.2 Å². The molecule has 0 aromatic heterocycles. The van der Waals surface area contributed by atoms with Gasteiger partial charge >= 0.3 is 5.97 Å². The van der Waals surface area contributed by atoms with Crippen LogP contribution in [-0.2, 0) is 6.61 Å². The predicted octanol–water partition coefficient (Wildman–Crippen LogP) is 6.94. The molecule has 0 aliphatic rings. The highest BCUT2D eigenvalue weighted by atomic mass is 79.9. The maximum Gasteiger partial charge on any atom is 0.335 e. The molecule has 0 unspecified atom stereocenters. The molecule has 0 radical (unpaired) electrons. The van der Waals surface area contributed by atoms with Crippen LogP contribution >= 0.6 is 15.9 Å². The van der Waals surface area contributed by atoms with Crippen LogP contribution in [0.4, 0.5) is 0 Å². The lowest BCUT2D eigenvalue weighted by Crippen LogP contribution is -1.98. The third-order valence-electron chi connectivity index (χ3n) is 5.10. The molecule has 0 aliphatic carbocycles. The van der Waals surface area contributed by atoms with Crippen LogP contribution < -0.4 is 4.74 Å². The van der Waals surface area contributed by atoms with Crippen LogP contribution in [0.25, 0.3) is 22.4 Å². The number of nitriles is 1. The van der Waals surface area contributed by atoms with E-state index in [4.69, 9.17) is 9.84 Å². The highest BCUT2D eigenvalue weighted by molar-refractivity contribution is 9.10. The van der Waals surface area contributed by atoms with Gasteiger partial charge < -0.3 is 9.84 Å². The molecule has 0 bridgehead atoms. The molecule has 5 heteroatoms. The van der Waals surface area contributed by atoms with Crippen molar-refractivity contribution in [3.8, 4) is 11.8 Å². The van der Waals surface area contributed by atoms with Crippen molar-refractivity contribution in [2.24, 2.45) is 0 Å². The number of allylic oxidation sites excluding steroid dienone is 1. The summed E-state index contributed by atoms with van der Waals surface area (Å²) in [5.74, 6) is -0.355. The van der Waals surface area contributed by atoms with Gasteiger partial charge in [-0.1, -0.05) is 70.5 Å². The van der Waals surface area contributed by atoms with E-state index in [0.29, 0.717) is 23.5 Å². The van der Waals surface area contributed by atoms with E-state index in [-0.39, 0.29) is 5.56 Å². The number of rotatable bonds is 6. The van der Waals surface area contributed by atoms with Crippen molar-refractivity contribution in [1.29, 1.82) is 5.26 Å².